The van der Waals surface area contributed by atoms with E-state index in [0.29, 0.717) is 11.4 Å². The van der Waals surface area contributed by atoms with Crippen molar-refractivity contribution >= 4 is 11.5 Å². The Balaban J connectivity index is 2.68. The summed E-state index contributed by atoms with van der Waals surface area (Å²) < 4.78 is 0. The van der Waals surface area contributed by atoms with E-state index < -0.39 is 0 Å². The zero-order chi connectivity index (χ0) is 14.5. The maximum absolute atomic E-state index is 9.49. The molecule has 0 saturated heterocycles. The number of nitriles is 1. The van der Waals surface area contributed by atoms with Gasteiger partial charge >= 0.3 is 0 Å². The molecule has 0 unspecified atom stereocenters. The lowest BCUT2D eigenvalue weighted by atomic mass is 10.0. The predicted octanol–water partition coefficient (Wildman–Crippen LogP) is 3.12. The van der Waals surface area contributed by atoms with Gasteiger partial charge in [0.25, 0.3) is 0 Å². The molecule has 0 bridgehead atoms. The summed E-state index contributed by atoms with van der Waals surface area (Å²) in [6.45, 7) is 2.77. The summed E-state index contributed by atoms with van der Waals surface area (Å²) in [4.78, 5) is 6.29. The van der Waals surface area contributed by atoms with Gasteiger partial charge in [-0.2, -0.15) is 5.26 Å². The first-order valence-corrected chi connectivity index (χ1v) is 6.58. The zero-order valence-electron chi connectivity index (χ0n) is 12.0. The van der Waals surface area contributed by atoms with Gasteiger partial charge in [0, 0.05) is 32.4 Å². The van der Waals surface area contributed by atoms with Crippen LogP contribution in [0.25, 0.3) is 11.1 Å². The van der Waals surface area contributed by atoms with Crippen LogP contribution in [0.3, 0.4) is 0 Å². The average Bonchev–Trinajstić information content (AvgIpc) is 2.47. The van der Waals surface area contributed by atoms with E-state index in [2.05, 4.69) is 16.4 Å². The lowest BCUT2D eigenvalue weighted by Gasteiger charge is -2.19. The lowest BCUT2D eigenvalue weighted by molar-refractivity contribution is 1.06. The Bertz CT molecular complexity index is 627. The number of benzene rings is 1. The van der Waals surface area contributed by atoms with E-state index in [1.807, 2.05) is 62.4 Å². The Morgan fingerprint density at radius 2 is 1.95 bits per heavy atom. The summed E-state index contributed by atoms with van der Waals surface area (Å²) in [5.41, 5.74) is 3.44. The number of rotatable bonds is 4. The van der Waals surface area contributed by atoms with Gasteiger partial charge in [-0.1, -0.05) is 30.3 Å². The summed E-state index contributed by atoms with van der Waals surface area (Å²) in [7, 11) is 3.78. The minimum absolute atomic E-state index is 0.582. The molecule has 0 aliphatic carbocycles. The Labute approximate surface area is 119 Å². The van der Waals surface area contributed by atoms with Gasteiger partial charge in [0.15, 0.2) is 0 Å². The molecule has 2 aromatic rings. The van der Waals surface area contributed by atoms with Gasteiger partial charge in [0.1, 0.15) is 17.5 Å². The van der Waals surface area contributed by atoms with Crippen molar-refractivity contribution < 1.29 is 0 Å². The van der Waals surface area contributed by atoms with Gasteiger partial charge in [-0.15, -0.1) is 0 Å². The second-order valence-corrected chi connectivity index (χ2v) is 4.65. The first-order chi connectivity index (χ1) is 9.69. The van der Waals surface area contributed by atoms with Crippen LogP contribution < -0.4 is 10.2 Å². The highest BCUT2D eigenvalue weighted by Crippen LogP contribution is 2.34. The summed E-state index contributed by atoms with van der Waals surface area (Å²) in [5.74, 6) is 0.683. The average molecular weight is 266 g/mol. The maximum atomic E-state index is 9.49. The molecule has 1 aromatic heterocycles. The van der Waals surface area contributed by atoms with E-state index in [4.69, 9.17) is 0 Å². The van der Waals surface area contributed by atoms with Crippen LogP contribution in [0.4, 0.5) is 11.5 Å². The fourth-order valence-corrected chi connectivity index (χ4v) is 2.14. The highest BCUT2D eigenvalue weighted by atomic mass is 15.1. The van der Waals surface area contributed by atoms with Crippen LogP contribution in [0.1, 0.15) is 12.5 Å². The van der Waals surface area contributed by atoms with E-state index in [0.717, 1.165) is 23.4 Å². The molecule has 0 amide bonds. The number of aromatic nitrogens is 1. The van der Waals surface area contributed by atoms with E-state index in [1.165, 1.54) is 0 Å². The third kappa shape index (κ3) is 2.57. The van der Waals surface area contributed by atoms with Gasteiger partial charge in [-0.3, -0.25) is 0 Å². The summed E-state index contributed by atoms with van der Waals surface area (Å²) in [6, 6.07) is 12.3. The van der Waals surface area contributed by atoms with Gasteiger partial charge < -0.3 is 10.2 Å². The van der Waals surface area contributed by atoms with E-state index >= 15 is 0 Å². The smallest absolute Gasteiger partial charge is 0.148 e. The molecule has 0 aliphatic heterocycles. The van der Waals surface area contributed by atoms with Crippen molar-refractivity contribution in [1.82, 2.24) is 4.98 Å². The largest absolute Gasteiger partial charge is 0.384 e. The Kier molecular flexibility index (Phi) is 4.21. The van der Waals surface area contributed by atoms with Gasteiger partial charge in [-0.05, 0) is 12.5 Å². The number of hydrogen-bond acceptors (Lipinski definition) is 4. The summed E-state index contributed by atoms with van der Waals surface area (Å²) in [6.07, 6.45) is 1.82. The van der Waals surface area contributed by atoms with Gasteiger partial charge in [0.2, 0.25) is 0 Å². The number of hydrogen-bond donors (Lipinski definition) is 1. The normalized spacial score (nSPS) is 9.90. The third-order valence-electron chi connectivity index (χ3n) is 3.03. The molecule has 0 aliphatic rings. The first-order valence-electron chi connectivity index (χ1n) is 6.58. The van der Waals surface area contributed by atoms with Crippen molar-refractivity contribution in [3.8, 4) is 17.2 Å². The Morgan fingerprint density at radius 3 is 2.50 bits per heavy atom. The first kappa shape index (κ1) is 13.9. The lowest BCUT2D eigenvalue weighted by Crippen LogP contribution is -2.14. The molecule has 0 radical (unpaired) electrons. The molecule has 0 atom stereocenters. The molecule has 1 heterocycles. The molecule has 4 nitrogen and oxygen atoms in total. The molecule has 20 heavy (non-hydrogen) atoms. The SMILES string of the molecule is CCNc1c(-c2ccccc2)cnc(N(C)C)c1C#N. The maximum Gasteiger partial charge on any atom is 0.148 e. The molecule has 1 N–H and O–H groups in total. The highest BCUT2D eigenvalue weighted by molar-refractivity contribution is 5.85. The molecule has 4 heteroatoms. The van der Waals surface area contributed by atoms with Crippen LogP contribution in [0, 0.1) is 11.3 Å². The topological polar surface area (TPSA) is 52.0 Å². The fourth-order valence-electron chi connectivity index (χ4n) is 2.14. The molecule has 1 aromatic carbocycles. The Hall–Kier alpha value is -2.54. The molecule has 0 saturated carbocycles. The van der Waals surface area contributed by atoms with Gasteiger partial charge in [-0.25, -0.2) is 4.98 Å². The zero-order valence-corrected chi connectivity index (χ0v) is 12.0. The van der Waals surface area contributed by atoms with Crippen LogP contribution in [-0.4, -0.2) is 25.6 Å². The van der Waals surface area contributed by atoms with Gasteiger partial charge in [0.05, 0.1) is 5.69 Å². The quantitative estimate of drug-likeness (QED) is 0.923. The monoisotopic (exact) mass is 266 g/mol. The molecule has 102 valence electrons. The van der Waals surface area contributed by atoms with Crippen molar-refractivity contribution in [2.45, 2.75) is 6.92 Å². The minimum Gasteiger partial charge on any atom is -0.384 e. The molecule has 0 fully saturated rings. The highest BCUT2D eigenvalue weighted by Gasteiger charge is 2.16. The van der Waals surface area contributed by atoms with Crippen LogP contribution in [0.2, 0.25) is 0 Å². The second-order valence-electron chi connectivity index (χ2n) is 4.65. The number of pyridine rings is 1. The van der Waals surface area contributed by atoms with Crippen LogP contribution in [0.5, 0.6) is 0 Å². The molecule has 0 spiro atoms. The van der Waals surface area contributed by atoms with Crippen LogP contribution in [0.15, 0.2) is 36.5 Å². The minimum atomic E-state index is 0.582. The molecular weight excluding hydrogens is 248 g/mol. The van der Waals surface area contributed by atoms with Crippen molar-refractivity contribution in [3.05, 3.63) is 42.1 Å². The van der Waals surface area contributed by atoms with E-state index in [-0.39, 0.29) is 0 Å². The van der Waals surface area contributed by atoms with Crippen LogP contribution >= 0.6 is 0 Å². The van der Waals surface area contributed by atoms with E-state index in [1.54, 1.807) is 0 Å². The number of nitrogens with zero attached hydrogens (tertiary/aromatic N) is 3. The second kappa shape index (κ2) is 6.07. The summed E-state index contributed by atoms with van der Waals surface area (Å²) >= 11 is 0. The molecule has 2 rings (SSSR count). The standard InChI is InChI=1S/C16H18N4/c1-4-18-15-13(10-17)16(20(2)3)19-11-14(15)12-8-6-5-7-9-12/h5-9,11H,4H2,1-3H3,(H,18,19). The number of nitrogens with one attached hydrogen (secondary N) is 1. The third-order valence-corrected chi connectivity index (χ3v) is 3.03. The van der Waals surface area contributed by atoms with Crippen molar-refractivity contribution in [1.29, 1.82) is 5.26 Å². The van der Waals surface area contributed by atoms with Crippen LogP contribution in [-0.2, 0) is 0 Å². The van der Waals surface area contributed by atoms with Crippen molar-refractivity contribution in [3.63, 3.8) is 0 Å². The number of anilines is 2. The Morgan fingerprint density at radius 1 is 1.25 bits per heavy atom. The fraction of sp³-hybridized carbons (Fsp3) is 0.250. The van der Waals surface area contributed by atoms with Crippen molar-refractivity contribution in [2.24, 2.45) is 0 Å². The van der Waals surface area contributed by atoms with Crippen molar-refractivity contribution in [2.75, 3.05) is 30.9 Å². The van der Waals surface area contributed by atoms with E-state index in [9.17, 15) is 5.26 Å². The molecular formula is C16H18N4. The summed E-state index contributed by atoms with van der Waals surface area (Å²) in [5, 5.41) is 12.8. The predicted molar refractivity (Wildman–Crippen MR) is 82.9 cm³/mol.